The highest BCUT2D eigenvalue weighted by Gasteiger charge is 2.44. The van der Waals surface area contributed by atoms with E-state index in [4.69, 9.17) is 14.6 Å². The van der Waals surface area contributed by atoms with Crippen LogP contribution in [0.2, 0.25) is 0 Å². The van der Waals surface area contributed by atoms with Gasteiger partial charge in [-0.3, -0.25) is 0 Å². The number of rotatable bonds is 7. The van der Waals surface area contributed by atoms with Gasteiger partial charge in [-0.25, -0.2) is 0 Å². The number of aliphatic hydroxyl groups excluding tert-OH is 7. The topological polar surface area (TPSA) is 177 Å². The first-order chi connectivity index (χ1) is 10.2. The minimum absolute atomic E-state index is 0.107. The molecule has 1 fully saturated rings. The van der Waals surface area contributed by atoms with Gasteiger partial charge in [0.1, 0.15) is 42.7 Å². The van der Waals surface area contributed by atoms with Crippen LogP contribution in [0.15, 0.2) is 0 Å². The molecule has 1 aliphatic heterocycles. The molecule has 0 radical (unpaired) electrons. The Hall–Kier alpha value is -0.690. The Morgan fingerprint density at radius 3 is 2.18 bits per heavy atom. The Morgan fingerprint density at radius 1 is 1.09 bits per heavy atom. The van der Waals surface area contributed by atoms with Gasteiger partial charge < -0.3 is 50.0 Å². The van der Waals surface area contributed by atoms with Crippen molar-refractivity contribution in [1.82, 2.24) is 0 Å². The molecule has 7 N–H and O–H groups in total. The molecular formula is C12H22O10. The SMILES string of the molecule is C[C@@H]1O[C@@H](O[C@H](C=O)[C@@H](O)[C@@H](O)[C@H](O)CO)[C@@H](O)[C@H](O)[C@@H]1O. The molecule has 1 rings (SSSR count). The minimum atomic E-state index is -1.91. The summed E-state index contributed by atoms with van der Waals surface area (Å²) in [6.45, 7) is 0.543. The van der Waals surface area contributed by atoms with E-state index in [1.807, 2.05) is 0 Å². The zero-order chi connectivity index (χ0) is 17.0. The van der Waals surface area contributed by atoms with Crippen molar-refractivity contribution in [3.8, 4) is 0 Å². The molecule has 0 spiro atoms. The predicted molar refractivity (Wildman–Crippen MR) is 68.4 cm³/mol. The number of carbonyl (C=O) groups is 1. The highest BCUT2D eigenvalue weighted by atomic mass is 16.7. The Kier molecular flexibility index (Phi) is 7.25. The van der Waals surface area contributed by atoms with Crippen LogP contribution < -0.4 is 0 Å². The van der Waals surface area contributed by atoms with Gasteiger partial charge >= 0.3 is 0 Å². The Balaban J connectivity index is 2.75. The molecule has 10 heteroatoms. The molecule has 0 aromatic heterocycles. The third-order valence-electron chi connectivity index (χ3n) is 3.50. The maximum atomic E-state index is 11.0. The first kappa shape index (κ1) is 19.4. The van der Waals surface area contributed by atoms with Crippen LogP contribution in [0.3, 0.4) is 0 Å². The summed E-state index contributed by atoms with van der Waals surface area (Å²) in [4.78, 5) is 11.0. The first-order valence-electron chi connectivity index (χ1n) is 6.70. The number of aldehydes is 1. The number of aliphatic hydroxyl groups is 7. The van der Waals surface area contributed by atoms with Crippen LogP contribution in [-0.2, 0) is 14.3 Å². The van der Waals surface area contributed by atoms with Crippen LogP contribution in [0, 0.1) is 0 Å². The Labute approximate surface area is 126 Å². The van der Waals surface area contributed by atoms with E-state index in [1.54, 1.807) is 0 Å². The average Bonchev–Trinajstić information content (AvgIpc) is 2.52. The number of ether oxygens (including phenoxy) is 2. The molecule has 1 heterocycles. The highest BCUT2D eigenvalue weighted by Crippen LogP contribution is 2.23. The third-order valence-corrected chi connectivity index (χ3v) is 3.50. The average molecular weight is 326 g/mol. The van der Waals surface area contributed by atoms with Gasteiger partial charge in [0.2, 0.25) is 0 Å². The molecule has 10 nitrogen and oxygen atoms in total. The van der Waals surface area contributed by atoms with Crippen molar-refractivity contribution in [2.75, 3.05) is 6.61 Å². The molecule has 0 aromatic rings. The monoisotopic (exact) mass is 326 g/mol. The van der Waals surface area contributed by atoms with E-state index in [0.717, 1.165) is 0 Å². The summed E-state index contributed by atoms with van der Waals surface area (Å²) < 4.78 is 10.1. The maximum absolute atomic E-state index is 11.0. The molecule has 0 aliphatic carbocycles. The summed E-state index contributed by atoms with van der Waals surface area (Å²) in [5, 5.41) is 66.1. The van der Waals surface area contributed by atoms with E-state index in [9.17, 15) is 35.4 Å². The summed E-state index contributed by atoms with van der Waals surface area (Å²) >= 11 is 0. The summed E-state index contributed by atoms with van der Waals surface area (Å²) in [7, 11) is 0. The van der Waals surface area contributed by atoms with Crippen LogP contribution in [0.4, 0.5) is 0 Å². The molecular weight excluding hydrogens is 304 g/mol. The lowest BCUT2D eigenvalue weighted by atomic mass is 9.99. The molecule has 9 atom stereocenters. The molecule has 0 saturated carbocycles. The highest BCUT2D eigenvalue weighted by molar-refractivity contribution is 5.57. The summed E-state index contributed by atoms with van der Waals surface area (Å²) in [5.74, 6) is 0. The zero-order valence-electron chi connectivity index (χ0n) is 11.8. The van der Waals surface area contributed by atoms with Crippen molar-refractivity contribution in [3.05, 3.63) is 0 Å². The normalized spacial score (nSPS) is 38.1. The van der Waals surface area contributed by atoms with Gasteiger partial charge in [-0.05, 0) is 6.92 Å². The minimum Gasteiger partial charge on any atom is -0.394 e. The molecule has 1 aliphatic rings. The number of hydrogen-bond donors (Lipinski definition) is 7. The molecule has 0 bridgehead atoms. The fourth-order valence-electron chi connectivity index (χ4n) is 2.00. The first-order valence-corrected chi connectivity index (χ1v) is 6.70. The van der Waals surface area contributed by atoms with Crippen LogP contribution >= 0.6 is 0 Å². The molecule has 22 heavy (non-hydrogen) atoms. The van der Waals surface area contributed by atoms with Gasteiger partial charge in [0.15, 0.2) is 12.6 Å². The van der Waals surface area contributed by atoms with E-state index in [1.165, 1.54) is 6.92 Å². The van der Waals surface area contributed by atoms with Crippen LogP contribution in [0.1, 0.15) is 6.92 Å². The van der Waals surface area contributed by atoms with Crippen molar-refractivity contribution in [2.24, 2.45) is 0 Å². The van der Waals surface area contributed by atoms with Crippen LogP contribution in [-0.4, -0.2) is 104 Å². The quantitative estimate of drug-likeness (QED) is 0.225. The van der Waals surface area contributed by atoms with Crippen LogP contribution in [0.25, 0.3) is 0 Å². The van der Waals surface area contributed by atoms with E-state index < -0.39 is 61.7 Å². The van der Waals surface area contributed by atoms with Crippen molar-refractivity contribution < 1.29 is 50.0 Å². The van der Waals surface area contributed by atoms with E-state index in [0.29, 0.717) is 0 Å². The second kappa shape index (κ2) is 8.24. The van der Waals surface area contributed by atoms with Gasteiger partial charge in [-0.1, -0.05) is 0 Å². The number of carbonyl (C=O) groups excluding carboxylic acids is 1. The van der Waals surface area contributed by atoms with Crippen LogP contribution in [0.5, 0.6) is 0 Å². The van der Waals surface area contributed by atoms with E-state index in [-0.39, 0.29) is 6.29 Å². The molecule has 0 aromatic carbocycles. The van der Waals surface area contributed by atoms with Gasteiger partial charge in [0.05, 0.1) is 12.7 Å². The van der Waals surface area contributed by atoms with Gasteiger partial charge in [-0.2, -0.15) is 0 Å². The second-order valence-corrected chi connectivity index (χ2v) is 5.15. The third kappa shape index (κ3) is 4.19. The van der Waals surface area contributed by atoms with E-state index >= 15 is 0 Å². The standard InChI is InChI=1S/C12H22O10/c1-4-7(16)10(19)11(20)12(21-4)22-6(3-14)9(18)8(17)5(15)2-13/h3-13,15-20H,2H2,1H3/t4-,5+,6+,7+,8-,9+,10+,11-,12-/m0/s1. The molecule has 1 saturated heterocycles. The molecule has 0 unspecified atom stereocenters. The fourth-order valence-corrected chi connectivity index (χ4v) is 2.00. The summed E-state index contributed by atoms with van der Waals surface area (Å²) in [5.41, 5.74) is 0. The Morgan fingerprint density at radius 2 is 1.68 bits per heavy atom. The van der Waals surface area contributed by atoms with E-state index in [2.05, 4.69) is 0 Å². The lowest BCUT2D eigenvalue weighted by molar-refractivity contribution is -0.308. The summed E-state index contributed by atoms with van der Waals surface area (Å²) in [6.07, 6.45) is -14.2. The smallest absolute Gasteiger partial charge is 0.187 e. The van der Waals surface area contributed by atoms with Gasteiger partial charge in [0.25, 0.3) is 0 Å². The molecule has 0 amide bonds. The van der Waals surface area contributed by atoms with Crippen molar-refractivity contribution >= 4 is 6.29 Å². The second-order valence-electron chi connectivity index (χ2n) is 5.15. The fraction of sp³-hybridized carbons (Fsp3) is 0.917. The van der Waals surface area contributed by atoms with Crippen molar-refractivity contribution in [2.45, 2.75) is 62.0 Å². The Bertz CT molecular complexity index is 353. The summed E-state index contributed by atoms with van der Waals surface area (Å²) in [6, 6.07) is 0. The zero-order valence-corrected chi connectivity index (χ0v) is 11.8. The largest absolute Gasteiger partial charge is 0.394 e. The number of hydrogen-bond acceptors (Lipinski definition) is 10. The maximum Gasteiger partial charge on any atom is 0.187 e. The van der Waals surface area contributed by atoms with Gasteiger partial charge in [-0.15, -0.1) is 0 Å². The predicted octanol–water partition coefficient (Wildman–Crippen LogP) is -4.53. The lowest BCUT2D eigenvalue weighted by Gasteiger charge is -2.40. The van der Waals surface area contributed by atoms with Gasteiger partial charge in [0, 0.05) is 0 Å². The van der Waals surface area contributed by atoms with Crippen molar-refractivity contribution in [3.63, 3.8) is 0 Å². The molecule has 130 valence electrons. The van der Waals surface area contributed by atoms with Crippen molar-refractivity contribution in [1.29, 1.82) is 0 Å². The lowest BCUT2D eigenvalue weighted by Crippen LogP contribution is -2.59.